The molecule has 0 bridgehead atoms. The van der Waals surface area contributed by atoms with Gasteiger partial charge < -0.3 is 9.53 Å². The van der Waals surface area contributed by atoms with Gasteiger partial charge in [-0.25, -0.2) is 0 Å². The molecule has 3 rings (SSSR count). The van der Waals surface area contributed by atoms with Crippen LogP contribution in [0, 0.1) is 11.3 Å². The van der Waals surface area contributed by atoms with Crippen molar-refractivity contribution in [2.45, 2.75) is 58.4 Å². The Balaban J connectivity index is 1.97. The average Bonchev–Trinajstić information content (AvgIpc) is 2.76. The molecule has 1 fully saturated rings. The monoisotopic (exact) mass is 424 g/mol. The molecule has 0 spiro atoms. The minimum atomic E-state index is -2.56. The summed E-state index contributed by atoms with van der Waals surface area (Å²) in [6, 6.07) is 21.3. The fraction of sp³-hybridized carbons (Fsp3) is 0.500. The van der Waals surface area contributed by atoms with E-state index < -0.39 is 13.7 Å². The van der Waals surface area contributed by atoms with Crippen molar-refractivity contribution in [2.75, 3.05) is 13.2 Å². The zero-order valence-electron chi connectivity index (χ0n) is 18.9. The molecule has 2 aromatic carbocycles. The number of hydrogen-bond acceptors (Lipinski definition) is 3. The summed E-state index contributed by atoms with van der Waals surface area (Å²) >= 11 is 0. The van der Waals surface area contributed by atoms with Crippen molar-refractivity contribution in [1.82, 2.24) is 0 Å². The van der Waals surface area contributed by atoms with Gasteiger partial charge in [-0.15, -0.1) is 0 Å². The van der Waals surface area contributed by atoms with Crippen LogP contribution in [-0.4, -0.2) is 32.4 Å². The Bertz CT molecular complexity index is 783. The molecular weight excluding hydrogens is 388 g/mol. The predicted molar refractivity (Wildman–Crippen MR) is 126 cm³/mol. The number of aliphatic hydroxyl groups excluding tert-OH is 1. The summed E-state index contributed by atoms with van der Waals surface area (Å²) in [5, 5.41) is 12.5. The van der Waals surface area contributed by atoms with Gasteiger partial charge in [-0.1, -0.05) is 88.4 Å². The van der Waals surface area contributed by atoms with Gasteiger partial charge >= 0.3 is 0 Å². The molecule has 0 aromatic heterocycles. The molecule has 2 aromatic rings. The van der Waals surface area contributed by atoms with Crippen LogP contribution in [0.5, 0.6) is 0 Å². The second kappa shape index (κ2) is 9.17. The highest BCUT2D eigenvalue weighted by Gasteiger charge is 2.51. The van der Waals surface area contributed by atoms with Crippen LogP contribution in [0.15, 0.2) is 60.7 Å². The number of Topliss-reactive ketones (excluding diaryl/α,β-unsaturated/α-hetero) is 1. The largest absolute Gasteiger partial charge is 0.407 e. The molecule has 1 saturated carbocycles. The molecule has 30 heavy (non-hydrogen) atoms. The standard InChI is InChI=1S/C26H36O3Si/c1-5-26(20-27)18-21(16-17-24(26)28)19-29-30(25(2,3)4,22-12-8-6-9-13-22)23-14-10-7-11-15-23/h6-15,21,27H,5,16-20H2,1-4H3/t21-,26+/m1/s1. The third-order valence-corrected chi connectivity index (χ3v) is 12.0. The molecule has 1 aliphatic carbocycles. The van der Waals surface area contributed by atoms with Gasteiger partial charge in [0.2, 0.25) is 0 Å². The lowest BCUT2D eigenvalue weighted by molar-refractivity contribution is -0.136. The van der Waals surface area contributed by atoms with Crippen molar-refractivity contribution in [3.8, 4) is 0 Å². The quantitative estimate of drug-likeness (QED) is 0.673. The van der Waals surface area contributed by atoms with E-state index in [2.05, 4.69) is 81.4 Å². The maximum Gasteiger partial charge on any atom is 0.261 e. The summed E-state index contributed by atoms with van der Waals surface area (Å²) in [6.07, 6.45) is 2.80. The summed E-state index contributed by atoms with van der Waals surface area (Å²) in [5.41, 5.74) is -0.586. The van der Waals surface area contributed by atoms with Crippen molar-refractivity contribution in [3.63, 3.8) is 0 Å². The van der Waals surface area contributed by atoms with Crippen molar-refractivity contribution in [1.29, 1.82) is 0 Å². The van der Waals surface area contributed by atoms with Crippen molar-refractivity contribution >= 4 is 24.5 Å². The van der Waals surface area contributed by atoms with Crippen LogP contribution in [0.2, 0.25) is 5.04 Å². The third kappa shape index (κ3) is 4.18. The summed E-state index contributed by atoms with van der Waals surface area (Å²) in [6.45, 7) is 9.44. The maximum absolute atomic E-state index is 12.5. The van der Waals surface area contributed by atoms with Crippen LogP contribution in [-0.2, 0) is 9.22 Å². The first-order valence-electron chi connectivity index (χ1n) is 11.2. The molecule has 0 amide bonds. The highest BCUT2D eigenvalue weighted by atomic mass is 28.4. The van der Waals surface area contributed by atoms with Crippen molar-refractivity contribution in [3.05, 3.63) is 60.7 Å². The van der Waals surface area contributed by atoms with E-state index in [1.54, 1.807) is 0 Å². The highest BCUT2D eigenvalue weighted by molar-refractivity contribution is 6.99. The lowest BCUT2D eigenvalue weighted by Gasteiger charge is -2.45. The van der Waals surface area contributed by atoms with Crippen LogP contribution in [0.3, 0.4) is 0 Å². The SMILES string of the molecule is CC[C@@]1(CO)C[C@H](CO[Si](c2ccccc2)(c2ccccc2)C(C)(C)C)CCC1=O. The van der Waals surface area contributed by atoms with Crippen molar-refractivity contribution in [2.24, 2.45) is 11.3 Å². The third-order valence-electron chi connectivity index (χ3n) is 6.98. The van der Waals surface area contributed by atoms with E-state index in [1.165, 1.54) is 10.4 Å². The Morgan fingerprint density at radius 2 is 1.57 bits per heavy atom. The van der Waals surface area contributed by atoms with E-state index in [-0.39, 0.29) is 23.3 Å². The first-order valence-corrected chi connectivity index (χ1v) is 13.1. The fourth-order valence-electron chi connectivity index (χ4n) is 5.12. The van der Waals surface area contributed by atoms with E-state index >= 15 is 0 Å². The number of carbonyl (C=O) groups is 1. The molecule has 0 radical (unpaired) electrons. The number of benzene rings is 2. The molecule has 0 saturated heterocycles. The maximum atomic E-state index is 12.5. The molecule has 0 unspecified atom stereocenters. The summed E-state index contributed by atoms with van der Waals surface area (Å²) in [7, 11) is -2.56. The van der Waals surface area contributed by atoms with Gasteiger partial charge in [-0.2, -0.15) is 0 Å². The lowest BCUT2D eigenvalue weighted by atomic mass is 9.68. The van der Waals surface area contributed by atoms with E-state index in [0.717, 1.165) is 12.8 Å². The Kier molecular flexibility index (Phi) is 7.01. The normalized spacial score (nSPS) is 22.8. The number of ketones is 1. The van der Waals surface area contributed by atoms with Gasteiger partial charge in [0.1, 0.15) is 5.78 Å². The Morgan fingerprint density at radius 1 is 1.03 bits per heavy atom. The smallest absolute Gasteiger partial charge is 0.261 e. The molecule has 1 aliphatic rings. The van der Waals surface area contributed by atoms with Gasteiger partial charge in [-0.3, -0.25) is 4.79 Å². The van der Waals surface area contributed by atoms with Gasteiger partial charge in [0.25, 0.3) is 8.32 Å². The Hall–Kier alpha value is -1.75. The van der Waals surface area contributed by atoms with Crippen LogP contribution in [0.4, 0.5) is 0 Å². The van der Waals surface area contributed by atoms with Crippen LogP contribution < -0.4 is 10.4 Å². The van der Waals surface area contributed by atoms with Crippen molar-refractivity contribution < 1.29 is 14.3 Å². The molecule has 0 heterocycles. The first-order chi connectivity index (χ1) is 14.3. The van der Waals surface area contributed by atoms with Crippen LogP contribution in [0.1, 0.15) is 53.4 Å². The minimum absolute atomic E-state index is 0.0565. The van der Waals surface area contributed by atoms with Crippen LogP contribution >= 0.6 is 0 Å². The highest BCUT2D eigenvalue weighted by Crippen LogP contribution is 2.41. The topological polar surface area (TPSA) is 46.5 Å². The molecule has 3 nitrogen and oxygen atoms in total. The molecule has 0 aliphatic heterocycles. The predicted octanol–water partition coefficient (Wildman–Crippen LogP) is 4.32. The van der Waals surface area contributed by atoms with E-state index in [0.29, 0.717) is 19.4 Å². The fourth-order valence-corrected chi connectivity index (χ4v) is 9.76. The Labute approximate surface area is 182 Å². The zero-order valence-corrected chi connectivity index (χ0v) is 19.9. The first kappa shape index (κ1) is 22.9. The summed E-state index contributed by atoms with van der Waals surface area (Å²) < 4.78 is 7.07. The van der Waals surface area contributed by atoms with Crippen LogP contribution in [0.25, 0.3) is 0 Å². The number of rotatable bonds is 7. The lowest BCUT2D eigenvalue weighted by Crippen LogP contribution is -2.67. The number of aliphatic hydroxyl groups is 1. The summed E-state index contributed by atoms with van der Waals surface area (Å²) in [5.74, 6) is 0.505. The number of carbonyl (C=O) groups excluding carboxylic acids is 1. The molecule has 162 valence electrons. The van der Waals surface area contributed by atoms with E-state index in [9.17, 15) is 9.90 Å². The van der Waals surface area contributed by atoms with Gasteiger partial charge in [0.05, 0.1) is 12.0 Å². The van der Waals surface area contributed by atoms with E-state index in [1.807, 2.05) is 6.92 Å². The van der Waals surface area contributed by atoms with Gasteiger partial charge in [0.15, 0.2) is 0 Å². The average molecular weight is 425 g/mol. The number of hydrogen-bond donors (Lipinski definition) is 1. The minimum Gasteiger partial charge on any atom is -0.407 e. The second-order valence-corrected chi connectivity index (χ2v) is 14.1. The second-order valence-electron chi connectivity index (χ2n) is 9.80. The molecular formula is C26H36O3Si. The molecule has 2 atom stereocenters. The Morgan fingerprint density at radius 3 is 2.00 bits per heavy atom. The zero-order chi connectivity index (χ0) is 21.8. The summed E-state index contributed by atoms with van der Waals surface area (Å²) in [4.78, 5) is 12.5. The van der Waals surface area contributed by atoms with Gasteiger partial charge in [-0.05, 0) is 40.6 Å². The molecule has 1 N–H and O–H groups in total. The molecule has 4 heteroatoms. The van der Waals surface area contributed by atoms with E-state index in [4.69, 9.17) is 4.43 Å². The van der Waals surface area contributed by atoms with Gasteiger partial charge in [0, 0.05) is 13.0 Å².